The van der Waals surface area contributed by atoms with Gasteiger partial charge in [-0.3, -0.25) is 4.79 Å². The number of halogens is 4. The van der Waals surface area contributed by atoms with E-state index < -0.39 is 23.2 Å². The van der Waals surface area contributed by atoms with Gasteiger partial charge in [0.15, 0.2) is 11.5 Å². The van der Waals surface area contributed by atoms with E-state index in [0.717, 1.165) is 12.1 Å². The molecule has 26 heavy (non-hydrogen) atoms. The molecular formula is C17H14F3IN2O3. The number of amides is 1. The first-order valence-corrected chi connectivity index (χ1v) is 8.46. The first-order chi connectivity index (χ1) is 12.2. The fourth-order valence-corrected chi connectivity index (χ4v) is 2.71. The molecule has 2 rings (SSSR count). The van der Waals surface area contributed by atoms with Crippen molar-refractivity contribution in [2.24, 2.45) is 5.10 Å². The summed E-state index contributed by atoms with van der Waals surface area (Å²) in [6, 6.07) is 7.53. The van der Waals surface area contributed by atoms with Crippen molar-refractivity contribution >= 4 is 34.7 Å². The van der Waals surface area contributed by atoms with E-state index in [1.165, 1.54) is 24.4 Å². The van der Waals surface area contributed by atoms with Crippen LogP contribution in [0.1, 0.15) is 28.4 Å². The summed E-state index contributed by atoms with van der Waals surface area (Å²) in [7, 11) is 0. The van der Waals surface area contributed by atoms with E-state index in [1.807, 2.05) is 22.6 Å². The molecular weight excluding hydrogens is 464 g/mol. The predicted octanol–water partition coefficient (Wildman–Crippen LogP) is 4.18. The highest BCUT2D eigenvalue weighted by molar-refractivity contribution is 14.1. The van der Waals surface area contributed by atoms with Gasteiger partial charge in [-0.2, -0.15) is 18.3 Å². The molecule has 0 bridgehead atoms. The number of ether oxygens (including phenoxy) is 1. The molecule has 5 nitrogen and oxygen atoms in total. The van der Waals surface area contributed by atoms with Gasteiger partial charge < -0.3 is 9.84 Å². The third-order valence-electron chi connectivity index (χ3n) is 3.21. The van der Waals surface area contributed by atoms with Crippen molar-refractivity contribution in [3.05, 3.63) is 56.7 Å². The molecule has 0 saturated carbocycles. The van der Waals surface area contributed by atoms with E-state index in [0.29, 0.717) is 15.7 Å². The molecule has 138 valence electrons. The molecule has 0 aromatic heterocycles. The quantitative estimate of drug-likeness (QED) is 0.385. The van der Waals surface area contributed by atoms with Crippen molar-refractivity contribution in [3.63, 3.8) is 0 Å². The molecule has 0 radical (unpaired) electrons. The Bertz CT molecular complexity index is 838. The van der Waals surface area contributed by atoms with Gasteiger partial charge in [-0.25, -0.2) is 5.43 Å². The maximum Gasteiger partial charge on any atom is 0.417 e. The average Bonchev–Trinajstić information content (AvgIpc) is 2.58. The third-order valence-corrected chi connectivity index (χ3v) is 4.03. The van der Waals surface area contributed by atoms with Crippen LogP contribution >= 0.6 is 22.6 Å². The van der Waals surface area contributed by atoms with E-state index >= 15 is 0 Å². The highest BCUT2D eigenvalue weighted by atomic mass is 127. The van der Waals surface area contributed by atoms with Gasteiger partial charge >= 0.3 is 6.18 Å². The first kappa shape index (κ1) is 20.0. The number of hydrogen-bond acceptors (Lipinski definition) is 4. The van der Waals surface area contributed by atoms with Crippen LogP contribution in [0, 0.1) is 3.57 Å². The number of carbonyl (C=O) groups excluding carboxylic acids is 1. The minimum atomic E-state index is -4.64. The Labute approximate surface area is 161 Å². The molecule has 0 atom stereocenters. The lowest BCUT2D eigenvalue weighted by Gasteiger charge is -2.11. The van der Waals surface area contributed by atoms with Gasteiger partial charge in [0.05, 0.1) is 27.5 Å². The van der Waals surface area contributed by atoms with Crippen molar-refractivity contribution in [3.8, 4) is 11.5 Å². The Morgan fingerprint density at radius 3 is 2.69 bits per heavy atom. The van der Waals surface area contributed by atoms with Crippen molar-refractivity contribution in [2.75, 3.05) is 6.61 Å². The lowest BCUT2D eigenvalue weighted by Crippen LogP contribution is -2.22. The number of aromatic hydroxyl groups is 1. The number of carbonyl (C=O) groups is 1. The zero-order chi connectivity index (χ0) is 19.3. The van der Waals surface area contributed by atoms with Gasteiger partial charge in [-0.05, 0) is 59.3 Å². The molecule has 0 spiro atoms. The summed E-state index contributed by atoms with van der Waals surface area (Å²) in [5, 5.41) is 13.5. The van der Waals surface area contributed by atoms with Crippen LogP contribution in [0.25, 0.3) is 0 Å². The van der Waals surface area contributed by atoms with E-state index in [2.05, 4.69) is 10.5 Å². The summed E-state index contributed by atoms with van der Waals surface area (Å²) in [5.41, 5.74) is 1.01. The van der Waals surface area contributed by atoms with Gasteiger partial charge in [0.25, 0.3) is 5.91 Å². The summed E-state index contributed by atoms with van der Waals surface area (Å²) in [6.07, 6.45) is -3.39. The molecule has 0 heterocycles. The van der Waals surface area contributed by atoms with E-state index in [1.54, 1.807) is 13.0 Å². The van der Waals surface area contributed by atoms with Crippen molar-refractivity contribution < 1.29 is 27.8 Å². The van der Waals surface area contributed by atoms with Crippen LogP contribution in [0.2, 0.25) is 0 Å². The molecule has 0 saturated heterocycles. The van der Waals surface area contributed by atoms with Crippen LogP contribution in [0.4, 0.5) is 13.2 Å². The highest BCUT2D eigenvalue weighted by Crippen LogP contribution is 2.33. The summed E-state index contributed by atoms with van der Waals surface area (Å²) < 4.78 is 44.6. The number of rotatable bonds is 5. The number of hydrogen-bond donors (Lipinski definition) is 2. The van der Waals surface area contributed by atoms with E-state index in [-0.39, 0.29) is 11.5 Å². The zero-order valence-electron chi connectivity index (χ0n) is 13.5. The van der Waals surface area contributed by atoms with Crippen LogP contribution in [0.3, 0.4) is 0 Å². The van der Waals surface area contributed by atoms with Gasteiger partial charge in [0, 0.05) is 0 Å². The molecule has 0 aliphatic rings. The second kappa shape index (κ2) is 8.39. The standard InChI is InChI=1S/C17H14F3IN2O3/c1-2-26-14-8-10(7-13(21)15(14)24)9-22-23-16(25)11-5-3-4-6-12(11)17(18,19)20/h3-9,24H,2H2,1H3,(H,23,25)/b22-9-. The van der Waals surface area contributed by atoms with Crippen LogP contribution < -0.4 is 10.2 Å². The summed E-state index contributed by atoms with van der Waals surface area (Å²) in [6.45, 7) is 2.10. The minimum absolute atomic E-state index is 0.0206. The zero-order valence-corrected chi connectivity index (χ0v) is 15.6. The monoisotopic (exact) mass is 478 g/mol. The SMILES string of the molecule is CCOc1cc(/C=N\NC(=O)c2ccccc2C(F)(F)F)cc(I)c1O. The van der Waals surface area contributed by atoms with Gasteiger partial charge in [-0.1, -0.05) is 12.1 Å². The fourth-order valence-electron chi connectivity index (χ4n) is 2.09. The molecule has 0 aliphatic carbocycles. The van der Waals surface area contributed by atoms with Crippen LogP contribution in [0.15, 0.2) is 41.5 Å². The molecule has 1 amide bonds. The lowest BCUT2D eigenvalue weighted by molar-refractivity contribution is -0.137. The summed E-state index contributed by atoms with van der Waals surface area (Å²) in [4.78, 5) is 12.0. The fraction of sp³-hybridized carbons (Fsp3) is 0.176. The number of benzene rings is 2. The van der Waals surface area contributed by atoms with Crippen LogP contribution in [-0.2, 0) is 6.18 Å². The molecule has 2 aromatic carbocycles. The smallest absolute Gasteiger partial charge is 0.417 e. The molecule has 0 aliphatic heterocycles. The molecule has 2 N–H and O–H groups in total. The van der Waals surface area contributed by atoms with Gasteiger partial charge in [0.1, 0.15) is 0 Å². The number of nitrogens with zero attached hydrogens (tertiary/aromatic N) is 1. The number of phenols is 1. The lowest BCUT2D eigenvalue weighted by atomic mass is 10.1. The van der Waals surface area contributed by atoms with Gasteiger partial charge in [-0.15, -0.1) is 0 Å². The number of hydrazone groups is 1. The maximum atomic E-state index is 12.9. The van der Waals surface area contributed by atoms with Crippen molar-refractivity contribution in [1.82, 2.24) is 5.43 Å². The molecule has 2 aromatic rings. The maximum absolute atomic E-state index is 12.9. The first-order valence-electron chi connectivity index (χ1n) is 7.39. The Hall–Kier alpha value is -2.30. The topological polar surface area (TPSA) is 70.9 Å². The molecule has 0 fully saturated rings. The Morgan fingerprint density at radius 1 is 1.35 bits per heavy atom. The molecule has 9 heteroatoms. The normalized spacial score (nSPS) is 11.6. The number of alkyl halides is 3. The van der Waals surface area contributed by atoms with Crippen LogP contribution in [-0.4, -0.2) is 23.8 Å². The Kier molecular flexibility index (Phi) is 6.46. The number of phenolic OH excluding ortho intramolecular Hbond substituents is 1. The second-order valence-electron chi connectivity index (χ2n) is 5.02. The van der Waals surface area contributed by atoms with E-state index in [4.69, 9.17) is 4.74 Å². The largest absolute Gasteiger partial charge is 0.504 e. The summed E-state index contributed by atoms with van der Waals surface area (Å²) >= 11 is 1.90. The Morgan fingerprint density at radius 2 is 2.04 bits per heavy atom. The minimum Gasteiger partial charge on any atom is -0.504 e. The van der Waals surface area contributed by atoms with Gasteiger partial charge in [0.2, 0.25) is 0 Å². The average molecular weight is 478 g/mol. The second-order valence-corrected chi connectivity index (χ2v) is 6.19. The van der Waals surface area contributed by atoms with Crippen LogP contribution in [0.5, 0.6) is 11.5 Å². The Balaban J connectivity index is 2.18. The summed E-state index contributed by atoms with van der Waals surface area (Å²) in [5.74, 6) is -0.755. The predicted molar refractivity (Wildman–Crippen MR) is 98.5 cm³/mol. The van der Waals surface area contributed by atoms with E-state index in [9.17, 15) is 23.1 Å². The molecule has 0 unspecified atom stereocenters. The van der Waals surface area contributed by atoms with Crippen molar-refractivity contribution in [1.29, 1.82) is 0 Å². The number of nitrogens with one attached hydrogen (secondary N) is 1. The third kappa shape index (κ3) is 4.87. The highest BCUT2D eigenvalue weighted by Gasteiger charge is 2.34. The van der Waals surface area contributed by atoms with Crippen molar-refractivity contribution in [2.45, 2.75) is 13.1 Å².